The summed E-state index contributed by atoms with van der Waals surface area (Å²) in [6, 6.07) is 10.3. The van der Waals surface area contributed by atoms with Gasteiger partial charge in [-0.05, 0) is 31.7 Å². The van der Waals surface area contributed by atoms with Gasteiger partial charge in [0, 0.05) is 39.9 Å². The maximum atomic E-state index is 5.94. The summed E-state index contributed by atoms with van der Waals surface area (Å²) >= 11 is 0. The van der Waals surface area contributed by atoms with E-state index in [4.69, 9.17) is 14.2 Å². The molecule has 2 heterocycles. The molecule has 2 saturated heterocycles. The summed E-state index contributed by atoms with van der Waals surface area (Å²) < 4.78 is 17.7. The average Bonchev–Trinajstić information content (AvgIpc) is 3.26. The third kappa shape index (κ3) is 5.92. The normalized spacial score (nSPS) is 24.8. The van der Waals surface area contributed by atoms with Gasteiger partial charge in [-0.2, -0.15) is 0 Å². The van der Waals surface area contributed by atoms with E-state index >= 15 is 0 Å². The highest BCUT2D eigenvalue weighted by atomic mass is 16.5. The summed E-state index contributed by atoms with van der Waals surface area (Å²) in [5.74, 6) is 0.942. The Morgan fingerprint density at radius 2 is 2.07 bits per heavy atom. The zero-order chi connectivity index (χ0) is 18.9. The van der Waals surface area contributed by atoms with E-state index in [2.05, 4.69) is 34.3 Å². The van der Waals surface area contributed by atoms with Crippen LogP contribution in [0.5, 0.6) is 0 Å². The highest BCUT2D eigenvalue weighted by molar-refractivity contribution is 5.80. The SMILES string of the molecule is CN=C(NCCCOC(C)c1ccccc1)N1CCOC(C2CCCO2)C1. The van der Waals surface area contributed by atoms with E-state index in [1.807, 2.05) is 25.2 Å². The van der Waals surface area contributed by atoms with E-state index in [1.54, 1.807) is 0 Å². The lowest BCUT2D eigenvalue weighted by Crippen LogP contribution is -2.53. The maximum absolute atomic E-state index is 5.94. The molecule has 1 aromatic rings. The Hall–Kier alpha value is -1.63. The average molecular weight is 376 g/mol. The van der Waals surface area contributed by atoms with E-state index < -0.39 is 0 Å². The van der Waals surface area contributed by atoms with Gasteiger partial charge in [-0.15, -0.1) is 0 Å². The van der Waals surface area contributed by atoms with Crippen molar-refractivity contribution in [1.82, 2.24) is 10.2 Å². The molecule has 3 rings (SSSR count). The molecular weight excluding hydrogens is 342 g/mol. The molecule has 2 aliphatic rings. The van der Waals surface area contributed by atoms with Crippen molar-refractivity contribution in [1.29, 1.82) is 0 Å². The van der Waals surface area contributed by atoms with Crippen LogP contribution in [-0.4, -0.2) is 69.6 Å². The third-order valence-electron chi connectivity index (χ3n) is 5.23. The Morgan fingerprint density at radius 3 is 2.81 bits per heavy atom. The topological polar surface area (TPSA) is 55.3 Å². The van der Waals surface area contributed by atoms with Crippen LogP contribution < -0.4 is 5.32 Å². The first-order chi connectivity index (χ1) is 13.3. The van der Waals surface area contributed by atoms with Crippen LogP contribution in [0.3, 0.4) is 0 Å². The second kappa shape index (κ2) is 10.6. The minimum absolute atomic E-state index is 0.122. The molecule has 27 heavy (non-hydrogen) atoms. The van der Waals surface area contributed by atoms with Crippen molar-refractivity contribution >= 4 is 5.96 Å². The van der Waals surface area contributed by atoms with E-state index in [0.717, 1.165) is 64.7 Å². The van der Waals surface area contributed by atoms with Gasteiger partial charge in [0.2, 0.25) is 0 Å². The number of guanidine groups is 1. The molecule has 0 saturated carbocycles. The van der Waals surface area contributed by atoms with Crippen LogP contribution in [0, 0.1) is 0 Å². The summed E-state index contributed by atoms with van der Waals surface area (Å²) in [6.45, 7) is 6.96. The quantitative estimate of drug-likeness (QED) is 0.451. The second-order valence-corrected chi connectivity index (χ2v) is 7.16. The van der Waals surface area contributed by atoms with E-state index in [9.17, 15) is 0 Å². The zero-order valence-electron chi connectivity index (χ0n) is 16.6. The van der Waals surface area contributed by atoms with Gasteiger partial charge in [0.15, 0.2) is 5.96 Å². The van der Waals surface area contributed by atoms with E-state index in [-0.39, 0.29) is 18.3 Å². The fourth-order valence-corrected chi connectivity index (χ4v) is 3.67. The Labute approximate surface area is 162 Å². The lowest BCUT2D eigenvalue weighted by molar-refractivity contribution is -0.0817. The molecule has 3 unspecified atom stereocenters. The number of morpholine rings is 1. The first-order valence-corrected chi connectivity index (χ1v) is 10.1. The van der Waals surface area contributed by atoms with Gasteiger partial charge in [-0.3, -0.25) is 4.99 Å². The number of hydrogen-bond donors (Lipinski definition) is 1. The molecule has 0 aromatic heterocycles. The van der Waals surface area contributed by atoms with Gasteiger partial charge < -0.3 is 24.4 Å². The van der Waals surface area contributed by atoms with Crippen LogP contribution in [0.15, 0.2) is 35.3 Å². The molecule has 0 spiro atoms. The van der Waals surface area contributed by atoms with Crippen molar-refractivity contribution in [2.24, 2.45) is 4.99 Å². The standard InChI is InChI=1S/C21H33N3O3/c1-17(18-8-4-3-5-9-18)25-14-7-11-23-21(22-2)24-12-15-27-20(16-24)19-10-6-13-26-19/h3-5,8-9,17,19-20H,6-7,10-16H2,1-2H3,(H,22,23). The van der Waals surface area contributed by atoms with E-state index in [0.29, 0.717) is 0 Å². The molecule has 0 bridgehead atoms. The minimum Gasteiger partial charge on any atom is -0.375 e. The molecule has 2 fully saturated rings. The van der Waals surface area contributed by atoms with Gasteiger partial charge >= 0.3 is 0 Å². The van der Waals surface area contributed by atoms with Gasteiger partial charge in [-0.1, -0.05) is 30.3 Å². The minimum atomic E-state index is 0.122. The van der Waals surface area contributed by atoms with Crippen molar-refractivity contribution in [3.63, 3.8) is 0 Å². The van der Waals surface area contributed by atoms with Crippen molar-refractivity contribution < 1.29 is 14.2 Å². The smallest absolute Gasteiger partial charge is 0.193 e. The van der Waals surface area contributed by atoms with Crippen molar-refractivity contribution in [2.45, 2.75) is 44.5 Å². The van der Waals surface area contributed by atoms with Crippen LogP contribution in [0.1, 0.15) is 37.9 Å². The zero-order valence-corrected chi connectivity index (χ0v) is 16.6. The molecule has 6 nitrogen and oxygen atoms in total. The summed E-state index contributed by atoms with van der Waals surface area (Å²) in [5, 5.41) is 3.46. The lowest BCUT2D eigenvalue weighted by Gasteiger charge is -2.37. The molecule has 1 N–H and O–H groups in total. The molecule has 150 valence electrons. The Balaban J connectivity index is 1.36. The molecule has 0 amide bonds. The molecule has 2 aliphatic heterocycles. The van der Waals surface area contributed by atoms with Gasteiger partial charge in [0.25, 0.3) is 0 Å². The number of nitrogens with one attached hydrogen (secondary N) is 1. The molecule has 0 aliphatic carbocycles. The fraction of sp³-hybridized carbons (Fsp3) is 0.667. The molecule has 0 radical (unpaired) electrons. The lowest BCUT2D eigenvalue weighted by atomic mass is 10.1. The molecule has 3 atom stereocenters. The number of aliphatic imine (C=N–C) groups is 1. The Morgan fingerprint density at radius 1 is 1.26 bits per heavy atom. The molecule has 6 heteroatoms. The number of nitrogens with zero attached hydrogens (tertiary/aromatic N) is 2. The molecular formula is C21H33N3O3. The van der Waals surface area contributed by atoms with Gasteiger partial charge in [-0.25, -0.2) is 0 Å². The fourth-order valence-electron chi connectivity index (χ4n) is 3.67. The Kier molecular flexibility index (Phi) is 7.93. The van der Waals surface area contributed by atoms with Crippen LogP contribution in [-0.2, 0) is 14.2 Å². The highest BCUT2D eigenvalue weighted by Crippen LogP contribution is 2.21. The first-order valence-electron chi connectivity index (χ1n) is 10.1. The number of rotatable bonds is 7. The largest absolute Gasteiger partial charge is 0.375 e. The van der Waals surface area contributed by atoms with Gasteiger partial charge in [0.05, 0.1) is 18.8 Å². The number of benzene rings is 1. The van der Waals surface area contributed by atoms with Crippen molar-refractivity contribution in [3.8, 4) is 0 Å². The first kappa shape index (κ1) is 20.1. The third-order valence-corrected chi connectivity index (χ3v) is 5.23. The highest BCUT2D eigenvalue weighted by Gasteiger charge is 2.32. The summed E-state index contributed by atoms with van der Waals surface area (Å²) in [7, 11) is 1.84. The number of hydrogen-bond acceptors (Lipinski definition) is 4. The van der Waals surface area contributed by atoms with Gasteiger partial charge in [0.1, 0.15) is 6.10 Å². The van der Waals surface area contributed by atoms with Crippen LogP contribution >= 0.6 is 0 Å². The Bertz CT molecular complexity index is 575. The van der Waals surface area contributed by atoms with Crippen LogP contribution in [0.4, 0.5) is 0 Å². The predicted octanol–water partition coefficient (Wildman–Crippen LogP) is 2.61. The number of ether oxygens (including phenoxy) is 3. The predicted molar refractivity (Wildman–Crippen MR) is 107 cm³/mol. The van der Waals surface area contributed by atoms with Crippen molar-refractivity contribution in [2.75, 3.05) is 46.5 Å². The maximum Gasteiger partial charge on any atom is 0.193 e. The van der Waals surface area contributed by atoms with Crippen molar-refractivity contribution in [3.05, 3.63) is 35.9 Å². The summed E-state index contributed by atoms with van der Waals surface area (Å²) in [5.41, 5.74) is 1.22. The molecule has 1 aromatic carbocycles. The monoisotopic (exact) mass is 375 g/mol. The second-order valence-electron chi connectivity index (χ2n) is 7.16. The van der Waals surface area contributed by atoms with Crippen LogP contribution in [0.25, 0.3) is 0 Å². The van der Waals surface area contributed by atoms with Crippen LogP contribution in [0.2, 0.25) is 0 Å². The van der Waals surface area contributed by atoms with E-state index in [1.165, 1.54) is 5.56 Å². The summed E-state index contributed by atoms with van der Waals surface area (Å²) in [4.78, 5) is 6.73. The summed E-state index contributed by atoms with van der Waals surface area (Å²) in [6.07, 6.45) is 3.68.